The molecule has 10 nitrogen and oxygen atoms in total. The monoisotopic (exact) mass is 695 g/mol. The van der Waals surface area contributed by atoms with Gasteiger partial charge in [-0.2, -0.15) is 5.26 Å². The summed E-state index contributed by atoms with van der Waals surface area (Å²) in [6, 6.07) is 19.8. The number of primary amides is 1. The largest absolute Gasteiger partial charge is 0.365 e. The van der Waals surface area contributed by atoms with Crippen molar-refractivity contribution in [3.63, 3.8) is 0 Å². The lowest BCUT2D eigenvalue weighted by molar-refractivity contribution is 0.100. The van der Waals surface area contributed by atoms with Gasteiger partial charge in [0.15, 0.2) is 29.1 Å². The summed E-state index contributed by atoms with van der Waals surface area (Å²) in [5, 5.41) is 21.9. The van der Waals surface area contributed by atoms with Gasteiger partial charge in [0.1, 0.15) is 11.9 Å². The number of carbonyl (C=O) groups is 1. The Bertz CT molecular complexity index is 1930. The molecule has 1 amide bonds. The lowest BCUT2D eigenvalue weighted by atomic mass is 9.96. The zero-order chi connectivity index (χ0) is 36.9. The highest BCUT2D eigenvalue weighted by atomic mass is 19.1. The molecule has 2 heterocycles. The fraction of sp³-hybridized carbons (Fsp3) is 0.385. The number of anilines is 6. The second kappa shape index (κ2) is 15.3. The van der Waals surface area contributed by atoms with Crippen LogP contribution < -0.4 is 32.7 Å². The number of amides is 1. The smallest absolute Gasteiger partial charge is 0.252 e. The molecule has 0 spiro atoms. The Morgan fingerprint density at radius 2 is 1.33 bits per heavy atom. The number of hydrogen-bond donors (Lipinski definition) is 6. The van der Waals surface area contributed by atoms with Crippen LogP contribution in [-0.4, -0.2) is 33.5 Å². The normalized spacial score (nSPS) is 16.0. The van der Waals surface area contributed by atoms with Gasteiger partial charge < -0.3 is 32.7 Å². The predicted molar refractivity (Wildman–Crippen MR) is 199 cm³/mol. The third-order valence-corrected chi connectivity index (χ3v) is 9.74. The number of nitriles is 1. The maximum Gasteiger partial charge on any atom is 0.252 e. The molecule has 0 unspecified atom stereocenters. The molecule has 2 saturated carbocycles. The molecule has 2 aromatic carbocycles. The molecular formula is C39H47F2N9O. The molecule has 2 fully saturated rings. The number of halogens is 2. The molecule has 268 valence electrons. The molecule has 2 aromatic heterocycles. The van der Waals surface area contributed by atoms with Crippen molar-refractivity contribution in [3.05, 3.63) is 94.6 Å². The highest BCUT2D eigenvalue weighted by Gasteiger charge is 2.45. The molecule has 0 saturated heterocycles. The number of nitrogens with two attached hydrogens (primary N) is 2. The minimum absolute atomic E-state index is 0.00325. The van der Waals surface area contributed by atoms with Crippen LogP contribution >= 0.6 is 0 Å². The van der Waals surface area contributed by atoms with E-state index in [1.54, 1.807) is 0 Å². The first kappa shape index (κ1) is 37.0. The Morgan fingerprint density at radius 1 is 0.824 bits per heavy atom. The number of pyridine rings is 2. The van der Waals surface area contributed by atoms with Gasteiger partial charge in [-0.15, -0.1) is 0 Å². The molecule has 2 aliphatic rings. The number of aromatic nitrogens is 2. The minimum atomic E-state index is -0.748. The van der Waals surface area contributed by atoms with Crippen molar-refractivity contribution in [2.24, 2.45) is 16.9 Å². The number of aryl methyl sites for hydroxylation is 2. The quantitative estimate of drug-likeness (QED) is 0.0808. The Balaban J connectivity index is 0.000000198. The second-order valence-electron chi connectivity index (χ2n) is 14.0. The first-order chi connectivity index (χ1) is 24.3. The van der Waals surface area contributed by atoms with E-state index in [4.69, 9.17) is 11.5 Å². The second-order valence-corrected chi connectivity index (χ2v) is 14.0. The Kier molecular flexibility index (Phi) is 11.1. The Labute approximate surface area is 298 Å². The molecule has 12 heteroatoms. The molecule has 0 aliphatic heterocycles. The molecule has 6 rings (SSSR count). The van der Waals surface area contributed by atoms with Gasteiger partial charge in [-0.05, 0) is 105 Å². The first-order valence-corrected chi connectivity index (χ1v) is 17.4. The van der Waals surface area contributed by atoms with Crippen LogP contribution in [0.2, 0.25) is 0 Å². The van der Waals surface area contributed by atoms with Crippen LogP contribution in [0.5, 0.6) is 0 Å². The van der Waals surface area contributed by atoms with Crippen LogP contribution in [0.1, 0.15) is 86.3 Å². The summed E-state index contributed by atoms with van der Waals surface area (Å²) >= 11 is 0. The van der Waals surface area contributed by atoms with Crippen molar-refractivity contribution >= 4 is 40.6 Å². The number of nitrogens with one attached hydrogen (secondary N) is 4. The van der Waals surface area contributed by atoms with Gasteiger partial charge in [-0.3, -0.25) is 4.79 Å². The van der Waals surface area contributed by atoms with Crippen LogP contribution in [0.15, 0.2) is 60.7 Å². The molecule has 4 aromatic rings. The van der Waals surface area contributed by atoms with Crippen LogP contribution in [0, 0.1) is 42.2 Å². The Morgan fingerprint density at radius 3 is 1.80 bits per heavy atom. The number of carbonyl (C=O) groups excluding carboxylic acids is 1. The molecule has 8 N–H and O–H groups in total. The minimum Gasteiger partial charge on any atom is -0.365 e. The SMILES string of the molecule is CC[C@H](Nc1nc(Nc2cccc(C)c2)c(C#N)cc1F)C1(C)CC1.CC[C@H](Nc1nc(Nc2cccc(C)c2)c(C(N)=O)cc1F)C1(N)CC1. The third kappa shape index (κ3) is 9.10. The van der Waals surface area contributed by atoms with Crippen molar-refractivity contribution in [3.8, 4) is 6.07 Å². The zero-order valence-electron chi connectivity index (χ0n) is 29.8. The molecule has 2 aliphatic carbocycles. The lowest BCUT2D eigenvalue weighted by Gasteiger charge is -2.24. The maximum atomic E-state index is 14.5. The molecule has 0 radical (unpaired) electrons. The van der Waals surface area contributed by atoms with Crippen molar-refractivity contribution in [2.45, 2.75) is 90.8 Å². The average Bonchev–Trinajstić information content (AvgIpc) is 4.03. The van der Waals surface area contributed by atoms with Crippen molar-refractivity contribution < 1.29 is 13.6 Å². The van der Waals surface area contributed by atoms with E-state index in [-0.39, 0.29) is 51.6 Å². The van der Waals surface area contributed by atoms with Crippen LogP contribution in [0.25, 0.3) is 0 Å². The zero-order valence-corrected chi connectivity index (χ0v) is 29.8. The summed E-state index contributed by atoms with van der Waals surface area (Å²) in [7, 11) is 0. The average molecular weight is 696 g/mol. The van der Waals surface area contributed by atoms with E-state index in [2.05, 4.69) is 45.1 Å². The van der Waals surface area contributed by atoms with Gasteiger partial charge in [-0.25, -0.2) is 18.7 Å². The van der Waals surface area contributed by atoms with E-state index < -0.39 is 17.5 Å². The molecule has 2 atom stereocenters. The number of nitrogens with zero attached hydrogens (tertiary/aromatic N) is 3. The fourth-order valence-corrected chi connectivity index (χ4v) is 6.15. The van der Waals surface area contributed by atoms with E-state index in [1.807, 2.05) is 75.4 Å². The number of rotatable bonds is 13. The van der Waals surface area contributed by atoms with Gasteiger partial charge in [0.05, 0.1) is 11.1 Å². The molecule has 51 heavy (non-hydrogen) atoms. The lowest BCUT2D eigenvalue weighted by Crippen LogP contribution is -2.42. The van der Waals surface area contributed by atoms with E-state index in [1.165, 1.54) is 6.07 Å². The number of hydrogen-bond acceptors (Lipinski definition) is 9. The summed E-state index contributed by atoms with van der Waals surface area (Å²) in [6.07, 6.45) is 5.73. The van der Waals surface area contributed by atoms with E-state index in [0.717, 1.165) is 67.1 Å². The molecule has 0 bridgehead atoms. The topological polar surface area (TPSA) is 167 Å². The summed E-state index contributed by atoms with van der Waals surface area (Å²) in [6.45, 7) is 10.2. The van der Waals surface area contributed by atoms with Crippen LogP contribution in [0.4, 0.5) is 43.4 Å². The van der Waals surface area contributed by atoms with Gasteiger partial charge in [0.25, 0.3) is 5.91 Å². The summed E-state index contributed by atoms with van der Waals surface area (Å²) in [5.41, 5.74) is 15.4. The van der Waals surface area contributed by atoms with Gasteiger partial charge in [0.2, 0.25) is 0 Å². The Hall–Kier alpha value is -5.28. The summed E-state index contributed by atoms with van der Waals surface area (Å²) < 4.78 is 28.9. The van der Waals surface area contributed by atoms with Crippen molar-refractivity contribution in [1.29, 1.82) is 5.26 Å². The maximum absolute atomic E-state index is 14.5. The molecular weight excluding hydrogens is 648 g/mol. The summed E-state index contributed by atoms with van der Waals surface area (Å²) in [4.78, 5) is 20.4. The fourth-order valence-electron chi connectivity index (χ4n) is 6.15. The van der Waals surface area contributed by atoms with E-state index >= 15 is 0 Å². The van der Waals surface area contributed by atoms with Crippen LogP contribution in [-0.2, 0) is 0 Å². The van der Waals surface area contributed by atoms with Crippen molar-refractivity contribution in [2.75, 3.05) is 21.3 Å². The standard InChI is InChI=1S/C20H23FN4.C19H24FN5O/c1-4-17(20(3)8-9-20)24-19-16(21)11-14(12-22)18(25-19)23-15-7-5-6-13(2)10-15;1-3-15(19(22)7-8-19)24-18-14(20)10-13(16(21)26)17(25-18)23-12-6-4-5-11(2)9-12/h5-7,10-11,17H,4,8-9H2,1-3H3,(H2,23,24,25);4-6,9-10,15H,3,7-8,22H2,1-2H3,(H2,21,26)(H2,23,24,25)/t17-;15-/m00/s1. The predicted octanol–water partition coefficient (Wildman–Crippen LogP) is 8.19. The van der Waals surface area contributed by atoms with Gasteiger partial charge >= 0.3 is 0 Å². The van der Waals surface area contributed by atoms with Gasteiger partial charge in [-0.1, -0.05) is 45.0 Å². The number of benzene rings is 2. The highest BCUT2D eigenvalue weighted by Crippen LogP contribution is 2.50. The van der Waals surface area contributed by atoms with Gasteiger partial charge in [0, 0.05) is 29.0 Å². The van der Waals surface area contributed by atoms with E-state index in [9.17, 15) is 18.8 Å². The van der Waals surface area contributed by atoms with E-state index in [0.29, 0.717) is 5.82 Å². The summed E-state index contributed by atoms with van der Waals surface area (Å²) in [5.74, 6) is -1.02. The first-order valence-electron chi connectivity index (χ1n) is 17.4. The highest BCUT2D eigenvalue weighted by molar-refractivity contribution is 5.98. The van der Waals surface area contributed by atoms with Crippen molar-refractivity contribution in [1.82, 2.24) is 9.97 Å². The third-order valence-electron chi connectivity index (χ3n) is 9.74. The van der Waals surface area contributed by atoms with Crippen LogP contribution in [0.3, 0.4) is 0 Å².